The van der Waals surface area contributed by atoms with Crippen LogP contribution in [0.4, 0.5) is 5.69 Å². The highest BCUT2D eigenvalue weighted by molar-refractivity contribution is 6.30. The van der Waals surface area contributed by atoms with Crippen LogP contribution in [0, 0.1) is 5.92 Å². The van der Waals surface area contributed by atoms with Crippen LogP contribution in [0.5, 0.6) is 0 Å². The summed E-state index contributed by atoms with van der Waals surface area (Å²) in [5, 5.41) is 0.814. The SMILES string of the molecule is CCC(N)Cc1ccc(Cl)cc1N(C)C1CCCCC1C. The molecule has 3 unspecified atom stereocenters. The molecule has 3 atom stereocenters. The third-order valence-corrected chi connectivity index (χ3v) is 5.23. The standard InChI is InChI=1S/C18H29ClN2/c1-4-16(20)11-14-9-10-15(19)12-18(14)21(3)17-8-6-5-7-13(17)2/h9-10,12-13,16-17H,4-8,11,20H2,1-3H3. The molecule has 1 fully saturated rings. The van der Waals surface area contributed by atoms with Gasteiger partial charge in [0.05, 0.1) is 0 Å². The molecular weight excluding hydrogens is 280 g/mol. The summed E-state index contributed by atoms with van der Waals surface area (Å²) < 4.78 is 0. The molecular formula is C18H29ClN2. The second-order valence-electron chi connectivity index (χ2n) is 6.59. The van der Waals surface area contributed by atoms with Crippen LogP contribution in [0.2, 0.25) is 5.02 Å². The maximum atomic E-state index is 6.25. The Hall–Kier alpha value is -0.730. The Bertz CT molecular complexity index is 461. The van der Waals surface area contributed by atoms with Gasteiger partial charge in [-0.25, -0.2) is 0 Å². The van der Waals surface area contributed by atoms with Gasteiger partial charge in [0.2, 0.25) is 0 Å². The lowest BCUT2D eigenvalue weighted by Gasteiger charge is -2.39. The van der Waals surface area contributed by atoms with E-state index >= 15 is 0 Å². The Morgan fingerprint density at radius 1 is 1.33 bits per heavy atom. The molecule has 1 aliphatic rings. The number of nitrogens with two attached hydrogens (primary N) is 1. The summed E-state index contributed by atoms with van der Waals surface area (Å²) in [5.74, 6) is 0.746. The van der Waals surface area contributed by atoms with E-state index in [4.69, 9.17) is 17.3 Å². The van der Waals surface area contributed by atoms with E-state index in [0.717, 1.165) is 23.8 Å². The highest BCUT2D eigenvalue weighted by Crippen LogP contribution is 2.33. The molecule has 3 heteroatoms. The average Bonchev–Trinajstić information content (AvgIpc) is 2.48. The van der Waals surface area contributed by atoms with E-state index in [2.05, 4.69) is 37.9 Å². The van der Waals surface area contributed by atoms with E-state index in [1.54, 1.807) is 0 Å². The molecule has 0 aromatic heterocycles. The van der Waals surface area contributed by atoms with Crippen LogP contribution < -0.4 is 10.6 Å². The van der Waals surface area contributed by atoms with E-state index in [1.165, 1.54) is 36.9 Å². The normalized spacial score (nSPS) is 23.9. The zero-order valence-corrected chi connectivity index (χ0v) is 14.4. The minimum absolute atomic E-state index is 0.224. The van der Waals surface area contributed by atoms with Crippen LogP contribution in [0.3, 0.4) is 0 Å². The van der Waals surface area contributed by atoms with Crippen molar-refractivity contribution in [1.29, 1.82) is 0 Å². The summed E-state index contributed by atoms with van der Waals surface area (Å²) in [5.41, 5.74) is 8.76. The first kappa shape index (κ1) is 16.6. The van der Waals surface area contributed by atoms with Crippen LogP contribution in [0.1, 0.15) is 51.5 Å². The minimum Gasteiger partial charge on any atom is -0.371 e. The number of rotatable bonds is 5. The van der Waals surface area contributed by atoms with Crippen molar-refractivity contribution < 1.29 is 0 Å². The molecule has 1 aromatic rings. The zero-order chi connectivity index (χ0) is 15.4. The van der Waals surface area contributed by atoms with Crippen LogP contribution in [-0.4, -0.2) is 19.1 Å². The van der Waals surface area contributed by atoms with E-state index in [0.29, 0.717) is 6.04 Å². The molecule has 2 N–H and O–H groups in total. The minimum atomic E-state index is 0.224. The van der Waals surface area contributed by atoms with Crippen molar-refractivity contribution in [3.05, 3.63) is 28.8 Å². The quantitative estimate of drug-likeness (QED) is 0.859. The highest BCUT2D eigenvalue weighted by atomic mass is 35.5. The van der Waals surface area contributed by atoms with Gasteiger partial charge in [0.1, 0.15) is 0 Å². The molecule has 1 aliphatic carbocycles. The van der Waals surface area contributed by atoms with Gasteiger partial charge in [-0.1, -0.05) is 44.4 Å². The Morgan fingerprint density at radius 3 is 2.71 bits per heavy atom. The number of anilines is 1. The van der Waals surface area contributed by atoms with Gasteiger partial charge in [0.25, 0.3) is 0 Å². The number of nitrogens with zero attached hydrogens (tertiary/aromatic N) is 1. The van der Waals surface area contributed by atoms with Crippen LogP contribution in [-0.2, 0) is 6.42 Å². The Balaban J connectivity index is 2.25. The summed E-state index contributed by atoms with van der Waals surface area (Å²) in [4.78, 5) is 2.45. The van der Waals surface area contributed by atoms with Crippen molar-refractivity contribution in [3.8, 4) is 0 Å². The highest BCUT2D eigenvalue weighted by Gasteiger charge is 2.26. The summed E-state index contributed by atoms with van der Waals surface area (Å²) in [6, 6.07) is 7.09. The van der Waals surface area contributed by atoms with Gasteiger partial charge in [0, 0.05) is 29.8 Å². The number of hydrogen-bond donors (Lipinski definition) is 1. The molecule has 0 bridgehead atoms. The lowest BCUT2D eigenvalue weighted by Crippen LogP contribution is -2.39. The van der Waals surface area contributed by atoms with Crippen molar-refractivity contribution in [1.82, 2.24) is 0 Å². The van der Waals surface area contributed by atoms with Crippen molar-refractivity contribution in [3.63, 3.8) is 0 Å². The summed E-state index contributed by atoms with van der Waals surface area (Å²) >= 11 is 6.25. The molecule has 0 heterocycles. The fourth-order valence-electron chi connectivity index (χ4n) is 3.52. The molecule has 2 rings (SSSR count). The van der Waals surface area contributed by atoms with Gasteiger partial charge in [-0.3, -0.25) is 0 Å². The Morgan fingerprint density at radius 2 is 2.05 bits per heavy atom. The fourth-order valence-corrected chi connectivity index (χ4v) is 3.68. The number of benzene rings is 1. The van der Waals surface area contributed by atoms with Crippen molar-refractivity contribution in [2.75, 3.05) is 11.9 Å². The molecule has 21 heavy (non-hydrogen) atoms. The molecule has 2 nitrogen and oxygen atoms in total. The molecule has 118 valence electrons. The Labute approximate surface area is 134 Å². The van der Waals surface area contributed by atoms with Crippen molar-refractivity contribution >= 4 is 17.3 Å². The van der Waals surface area contributed by atoms with E-state index in [-0.39, 0.29) is 6.04 Å². The van der Waals surface area contributed by atoms with Gasteiger partial charge >= 0.3 is 0 Å². The molecule has 0 radical (unpaired) electrons. The summed E-state index contributed by atoms with van der Waals surface area (Å²) in [6.07, 6.45) is 7.25. The largest absolute Gasteiger partial charge is 0.371 e. The lowest BCUT2D eigenvalue weighted by molar-refractivity contribution is 0.321. The predicted molar refractivity (Wildman–Crippen MR) is 93.2 cm³/mol. The first-order chi connectivity index (χ1) is 10.0. The van der Waals surface area contributed by atoms with E-state index in [9.17, 15) is 0 Å². The predicted octanol–water partition coefficient (Wildman–Crippen LogP) is 4.63. The fraction of sp³-hybridized carbons (Fsp3) is 0.667. The van der Waals surface area contributed by atoms with Crippen LogP contribution in [0.25, 0.3) is 0 Å². The summed E-state index contributed by atoms with van der Waals surface area (Å²) in [7, 11) is 2.22. The van der Waals surface area contributed by atoms with Gasteiger partial charge in [-0.05, 0) is 49.3 Å². The first-order valence-electron chi connectivity index (χ1n) is 8.29. The third kappa shape index (κ3) is 4.14. The van der Waals surface area contributed by atoms with Gasteiger partial charge in [-0.2, -0.15) is 0 Å². The molecule has 0 aliphatic heterocycles. The molecule has 0 spiro atoms. The molecule has 0 amide bonds. The van der Waals surface area contributed by atoms with E-state index in [1.807, 2.05) is 6.07 Å². The van der Waals surface area contributed by atoms with Gasteiger partial charge in [-0.15, -0.1) is 0 Å². The smallest absolute Gasteiger partial charge is 0.0426 e. The monoisotopic (exact) mass is 308 g/mol. The number of hydrogen-bond acceptors (Lipinski definition) is 2. The maximum absolute atomic E-state index is 6.25. The second kappa shape index (κ2) is 7.51. The molecule has 0 saturated heterocycles. The van der Waals surface area contributed by atoms with Crippen LogP contribution >= 0.6 is 11.6 Å². The second-order valence-corrected chi connectivity index (χ2v) is 7.02. The molecule has 1 saturated carbocycles. The Kier molecular flexibility index (Phi) is 5.95. The lowest BCUT2D eigenvalue weighted by atomic mass is 9.84. The van der Waals surface area contributed by atoms with Crippen molar-refractivity contribution in [2.24, 2.45) is 11.7 Å². The number of halogens is 1. The van der Waals surface area contributed by atoms with Gasteiger partial charge < -0.3 is 10.6 Å². The third-order valence-electron chi connectivity index (χ3n) is 5.00. The van der Waals surface area contributed by atoms with Crippen molar-refractivity contribution in [2.45, 2.75) is 64.5 Å². The summed E-state index contributed by atoms with van der Waals surface area (Å²) in [6.45, 7) is 4.52. The maximum Gasteiger partial charge on any atom is 0.0426 e. The van der Waals surface area contributed by atoms with Gasteiger partial charge in [0.15, 0.2) is 0 Å². The zero-order valence-electron chi connectivity index (χ0n) is 13.6. The first-order valence-corrected chi connectivity index (χ1v) is 8.67. The topological polar surface area (TPSA) is 29.3 Å². The average molecular weight is 309 g/mol. The van der Waals surface area contributed by atoms with Crippen LogP contribution in [0.15, 0.2) is 18.2 Å². The van der Waals surface area contributed by atoms with E-state index < -0.39 is 0 Å². The molecule has 1 aromatic carbocycles.